The lowest BCUT2D eigenvalue weighted by Gasteiger charge is -1.99. The third-order valence-corrected chi connectivity index (χ3v) is 2.23. The second kappa shape index (κ2) is 4.53. The Hall–Kier alpha value is -0.670. The highest BCUT2D eigenvalue weighted by atomic mass is 79.9. The highest BCUT2D eigenvalue weighted by molar-refractivity contribution is 9.10. The van der Waals surface area contributed by atoms with E-state index in [2.05, 4.69) is 15.9 Å². The fourth-order valence-corrected chi connectivity index (χ4v) is 1.38. The Morgan fingerprint density at radius 2 is 2.23 bits per heavy atom. The molecule has 0 spiro atoms. The molecule has 0 amide bonds. The normalized spacial score (nSPS) is 13.5. The molecule has 0 saturated heterocycles. The molecule has 1 nitrogen and oxygen atoms in total. The van der Waals surface area contributed by atoms with Crippen molar-refractivity contribution >= 4 is 22.0 Å². The molecular formula is C10H11BrFN. The van der Waals surface area contributed by atoms with Gasteiger partial charge in [-0.15, -0.1) is 0 Å². The first-order valence-electron chi connectivity index (χ1n) is 3.98. The summed E-state index contributed by atoms with van der Waals surface area (Å²) in [7, 11) is 0. The van der Waals surface area contributed by atoms with Gasteiger partial charge in [0.25, 0.3) is 0 Å². The lowest BCUT2D eigenvalue weighted by atomic mass is 10.2. The van der Waals surface area contributed by atoms with Crippen LogP contribution in [0.3, 0.4) is 0 Å². The van der Waals surface area contributed by atoms with Gasteiger partial charge in [0.15, 0.2) is 0 Å². The standard InChI is InChI=1S/C10H11BrFN/c1-7(13)2-3-8-4-5-9(12)6-10(8)11/h2-7H,13H2,1H3/b3-2+. The van der Waals surface area contributed by atoms with Crippen LogP contribution in [0.25, 0.3) is 6.08 Å². The van der Waals surface area contributed by atoms with Crippen LogP contribution in [0.15, 0.2) is 28.7 Å². The first-order chi connectivity index (χ1) is 6.09. The number of rotatable bonds is 2. The van der Waals surface area contributed by atoms with E-state index in [1.165, 1.54) is 12.1 Å². The molecule has 0 saturated carbocycles. The molecule has 70 valence electrons. The molecule has 0 aliphatic heterocycles. The topological polar surface area (TPSA) is 26.0 Å². The van der Waals surface area contributed by atoms with E-state index < -0.39 is 0 Å². The summed E-state index contributed by atoms with van der Waals surface area (Å²) >= 11 is 3.27. The maximum atomic E-state index is 12.7. The van der Waals surface area contributed by atoms with Gasteiger partial charge in [0.2, 0.25) is 0 Å². The molecule has 1 atom stereocenters. The Labute approximate surface area is 85.6 Å². The van der Waals surface area contributed by atoms with Crippen molar-refractivity contribution in [3.05, 3.63) is 40.1 Å². The fourth-order valence-electron chi connectivity index (χ4n) is 0.892. The molecule has 0 heterocycles. The molecule has 0 aliphatic rings. The highest BCUT2D eigenvalue weighted by Gasteiger charge is 1.97. The van der Waals surface area contributed by atoms with Crippen molar-refractivity contribution in [2.75, 3.05) is 0 Å². The van der Waals surface area contributed by atoms with Crippen molar-refractivity contribution in [3.8, 4) is 0 Å². The van der Waals surface area contributed by atoms with Crippen molar-refractivity contribution in [1.29, 1.82) is 0 Å². The van der Waals surface area contributed by atoms with E-state index in [1.54, 1.807) is 6.07 Å². The van der Waals surface area contributed by atoms with Crippen molar-refractivity contribution in [2.24, 2.45) is 5.73 Å². The van der Waals surface area contributed by atoms with Crippen LogP contribution in [-0.4, -0.2) is 6.04 Å². The molecule has 13 heavy (non-hydrogen) atoms. The summed E-state index contributed by atoms with van der Waals surface area (Å²) in [5.41, 5.74) is 6.47. The van der Waals surface area contributed by atoms with Crippen LogP contribution in [0.2, 0.25) is 0 Å². The van der Waals surface area contributed by atoms with Gasteiger partial charge in [-0.25, -0.2) is 4.39 Å². The predicted octanol–water partition coefficient (Wildman–Crippen LogP) is 2.95. The molecule has 0 bridgehead atoms. The third kappa shape index (κ3) is 3.28. The SMILES string of the molecule is CC(N)/C=C/c1ccc(F)cc1Br. The Morgan fingerprint density at radius 1 is 1.54 bits per heavy atom. The summed E-state index contributed by atoms with van der Waals surface area (Å²) in [6, 6.07) is 4.57. The van der Waals surface area contributed by atoms with Crippen LogP contribution in [0.4, 0.5) is 4.39 Å². The van der Waals surface area contributed by atoms with Crippen LogP contribution in [0.1, 0.15) is 12.5 Å². The van der Waals surface area contributed by atoms with E-state index in [9.17, 15) is 4.39 Å². The van der Waals surface area contributed by atoms with Crippen LogP contribution in [0, 0.1) is 5.82 Å². The Bertz CT molecular complexity index is 321. The average Bonchev–Trinajstić information content (AvgIpc) is 2.02. The molecular weight excluding hydrogens is 233 g/mol. The molecule has 3 heteroatoms. The van der Waals surface area contributed by atoms with Crippen molar-refractivity contribution in [3.63, 3.8) is 0 Å². The van der Waals surface area contributed by atoms with Crippen LogP contribution in [-0.2, 0) is 0 Å². The lowest BCUT2D eigenvalue weighted by Crippen LogP contribution is -2.09. The molecule has 0 radical (unpaired) electrons. The fraction of sp³-hybridized carbons (Fsp3) is 0.200. The van der Waals surface area contributed by atoms with Gasteiger partial charge in [0.1, 0.15) is 5.82 Å². The molecule has 1 aromatic rings. The molecule has 1 aromatic carbocycles. The largest absolute Gasteiger partial charge is 0.325 e. The lowest BCUT2D eigenvalue weighted by molar-refractivity contribution is 0.627. The van der Waals surface area contributed by atoms with Crippen LogP contribution >= 0.6 is 15.9 Å². The maximum Gasteiger partial charge on any atom is 0.124 e. The summed E-state index contributed by atoms with van der Waals surface area (Å²) in [5, 5.41) is 0. The second-order valence-electron chi connectivity index (χ2n) is 2.88. The van der Waals surface area contributed by atoms with Gasteiger partial charge in [-0.05, 0) is 24.6 Å². The summed E-state index contributed by atoms with van der Waals surface area (Å²) in [6.45, 7) is 1.88. The van der Waals surface area contributed by atoms with E-state index in [4.69, 9.17) is 5.73 Å². The minimum Gasteiger partial charge on any atom is -0.325 e. The maximum absolute atomic E-state index is 12.7. The van der Waals surface area contributed by atoms with Crippen molar-refractivity contribution in [1.82, 2.24) is 0 Å². The Kier molecular flexibility index (Phi) is 3.63. The summed E-state index contributed by atoms with van der Waals surface area (Å²) < 4.78 is 13.4. The van der Waals surface area contributed by atoms with E-state index in [-0.39, 0.29) is 11.9 Å². The summed E-state index contributed by atoms with van der Waals surface area (Å²) in [6.07, 6.45) is 3.73. The number of halogens is 2. The molecule has 1 unspecified atom stereocenters. The number of nitrogens with two attached hydrogens (primary N) is 1. The Balaban J connectivity index is 2.90. The third-order valence-electron chi connectivity index (χ3n) is 1.54. The van der Waals surface area contributed by atoms with Crippen LogP contribution in [0.5, 0.6) is 0 Å². The van der Waals surface area contributed by atoms with Gasteiger partial charge < -0.3 is 5.73 Å². The zero-order chi connectivity index (χ0) is 9.84. The first-order valence-corrected chi connectivity index (χ1v) is 4.78. The number of hydrogen-bond donors (Lipinski definition) is 1. The molecule has 0 aliphatic carbocycles. The van der Waals surface area contributed by atoms with Gasteiger partial charge >= 0.3 is 0 Å². The highest BCUT2D eigenvalue weighted by Crippen LogP contribution is 2.19. The number of hydrogen-bond acceptors (Lipinski definition) is 1. The predicted molar refractivity (Wildman–Crippen MR) is 56.8 cm³/mol. The van der Waals surface area contributed by atoms with E-state index in [0.717, 1.165) is 10.0 Å². The zero-order valence-electron chi connectivity index (χ0n) is 7.30. The minimum atomic E-state index is -0.246. The Morgan fingerprint density at radius 3 is 2.77 bits per heavy atom. The second-order valence-corrected chi connectivity index (χ2v) is 3.74. The van der Waals surface area contributed by atoms with Crippen molar-refractivity contribution in [2.45, 2.75) is 13.0 Å². The molecule has 2 N–H and O–H groups in total. The first kappa shape index (κ1) is 10.4. The quantitative estimate of drug-likeness (QED) is 0.850. The van der Waals surface area contributed by atoms with Gasteiger partial charge in [0.05, 0.1) is 0 Å². The molecule has 1 rings (SSSR count). The monoisotopic (exact) mass is 243 g/mol. The van der Waals surface area contributed by atoms with E-state index in [1.807, 2.05) is 19.1 Å². The van der Waals surface area contributed by atoms with E-state index in [0.29, 0.717) is 0 Å². The van der Waals surface area contributed by atoms with Crippen molar-refractivity contribution < 1.29 is 4.39 Å². The van der Waals surface area contributed by atoms with Gasteiger partial charge in [-0.3, -0.25) is 0 Å². The summed E-state index contributed by atoms with van der Waals surface area (Å²) in [5.74, 6) is -0.246. The zero-order valence-corrected chi connectivity index (χ0v) is 8.88. The summed E-state index contributed by atoms with van der Waals surface area (Å²) in [4.78, 5) is 0. The molecule has 0 aromatic heterocycles. The molecule has 0 fully saturated rings. The van der Waals surface area contributed by atoms with E-state index >= 15 is 0 Å². The van der Waals surface area contributed by atoms with Gasteiger partial charge in [0, 0.05) is 10.5 Å². The van der Waals surface area contributed by atoms with Crippen LogP contribution < -0.4 is 5.73 Å². The van der Waals surface area contributed by atoms with Gasteiger partial charge in [-0.2, -0.15) is 0 Å². The number of benzene rings is 1. The minimum absolute atomic E-state index is 0.0111. The average molecular weight is 244 g/mol. The van der Waals surface area contributed by atoms with Gasteiger partial charge in [-0.1, -0.05) is 34.1 Å². The smallest absolute Gasteiger partial charge is 0.124 e.